The summed E-state index contributed by atoms with van der Waals surface area (Å²) in [6.07, 6.45) is 3.79. The molecule has 0 aliphatic carbocycles. The summed E-state index contributed by atoms with van der Waals surface area (Å²) in [5.41, 5.74) is 3.50. The minimum Gasteiger partial charge on any atom is -0.282 e. The average Bonchev–Trinajstić information content (AvgIpc) is 3.06. The van der Waals surface area contributed by atoms with Crippen LogP contribution in [0.4, 0.5) is 0 Å². The van der Waals surface area contributed by atoms with Crippen molar-refractivity contribution >= 4 is 0 Å². The van der Waals surface area contributed by atoms with Crippen molar-refractivity contribution in [3.05, 3.63) is 54.0 Å². The average molecular weight is 266 g/mol. The van der Waals surface area contributed by atoms with Crippen LogP contribution in [0.5, 0.6) is 0 Å². The Balaban J connectivity index is 2.16. The quantitative estimate of drug-likeness (QED) is 0.728. The molecule has 0 aliphatic heterocycles. The highest BCUT2D eigenvalue weighted by Gasteiger charge is 2.15. The van der Waals surface area contributed by atoms with Crippen molar-refractivity contribution in [2.75, 3.05) is 0 Å². The number of nitrogens with zero attached hydrogens (tertiary/aromatic N) is 4. The van der Waals surface area contributed by atoms with E-state index in [0.717, 1.165) is 23.8 Å². The molecule has 3 rings (SSSR count). The zero-order valence-corrected chi connectivity index (χ0v) is 12.0. The molecular formula is C16H18N4. The lowest BCUT2D eigenvalue weighted by Gasteiger charge is -2.05. The van der Waals surface area contributed by atoms with Crippen LogP contribution >= 0.6 is 0 Å². The molecule has 0 radical (unpaired) electrons. The molecule has 0 bridgehead atoms. The van der Waals surface area contributed by atoms with Crippen molar-refractivity contribution < 1.29 is 0 Å². The lowest BCUT2D eigenvalue weighted by molar-refractivity contribution is 0.633. The van der Waals surface area contributed by atoms with Crippen molar-refractivity contribution in [2.24, 2.45) is 0 Å². The maximum Gasteiger partial charge on any atom is 0.163 e. The second-order valence-electron chi connectivity index (χ2n) is 4.84. The van der Waals surface area contributed by atoms with E-state index in [1.807, 2.05) is 35.3 Å². The largest absolute Gasteiger partial charge is 0.282 e. The fraction of sp³-hybridized carbons (Fsp3) is 0.250. The zero-order chi connectivity index (χ0) is 14.1. The molecule has 0 saturated carbocycles. The van der Waals surface area contributed by atoms with E-state index in [-0.39, 0.29) is 0 Å². The first-order valence-electron chi connectivity index (χ1n) is 6.85. The lowest BCUT2D eigenvalue weighted by Crippen LogP contribution is -2.01. The molecule has 0 spiro atoms. The smallest absolute Gasteiger partial charge is 0.163 e. The van der Waals surface area contributed by atoms with E-state index in [9.17, 15) is 0 Å². The number of rotatable bonds is 3. The van der Waals surface area contributed by atoms with Gasteiger partial charge in [0.05, 0.1) is 0 Å². The van der Waals surface area contributed by atoms with Crippen LogP contribution in [0.2, 0.25) is 0 Å². The van der Waals surface area contributed by atoms with E-state index in [1.165, 1.54) is 11.3 Å². The molecule has 2 heterocycles. The Kier molecular flexibility index (Phi) is 3.14. The summed E-state index contributed by atoms with van der Waals surface area (Å²) in [6, 6.07) is 10.2. The monoisotopic (exact) mass is 266 g/mol. The van der Waals surface area contributed by atoms with Crippen LogP contribution in [0.25, 0.3) is 17.2 Å². The van der Waals surface area contributed by atoms with Gasteiger partial charge in [-0.15, -0.1) is 0 Å². The first-order chi connectivity index (χ1) is 9.72. The Bertz CT molecular complexity index is 722. The van der Waals surface area contributed by atoms with Gasteiger partial charge in [-0.3, -0.25) is 9.25 Å². The molecule has 0 atom stereocenters. The summed E-state index contributed by atoms with van der Waals surface area (Å²) in [5, 5.41) is 4.70. The molecule has 102 valence electrons. The van der Waals surface area contributed by atoms with Gasteiger partial charge in [0.1, 0.15) is 5.82 Å². The highest BCUT2D eigenvalue weighted by molar-refractivity contribution is 5.58. The van der Waals surface area contributed by atoms with E-state index in [2.05, 4.69) is 42.5 Å². The molecule has 20 heavy (non-hydrogen) atoms. The number of benzene rings is 1. The number of aryl methyl sites for hydroxylation is 1. The van der Waals surface area contributed by atoms with Gasteiger partial charge in [-0.1, -0.05) is 30.3 Å². The Morgan fingerprint density at radius 1 is 1.10 bits per heavy atom. The molecule has 2 aromatic heterocycles. The Morgan fingerprint density at radius 3 is 2.50 bits per heavy atom. The third-order valence-corrected chi connectivity index (χ3v) is 3.68. The summed E-state index contributed by atoms with van der Waals surface area (Å²) in [5.74, 6) is 1.88. The van der Waals surface area contributed by atoms with E-state index >= 15 is 0 Å². The number of hydrogen-bond acceptors (Lipinski definition) is 2. The van der Waals surface area contributed by atoms with E-state index in [4.69, 9.17) is 5.10 Å². The first-order valence-corrected chi connectivity index (χ1v) is 6.85. The van der Waals surface area contributed by atoms with Gasteiger partial charge in [-0.2, -0.15) is 5.10 Å². The van der Waals surface area contributed by atoms with E-state index in [1.54, 1.807) is 0 Å². The minimum atomic E-state index is 0.877. The molecule has 0 fully saturated rings. The second kappa shape index (κ2) is 4.96. The summed E-state index contributed by atoms with van der Waals surface area (Å²) in [4.78, 5) is 4.48. The van der Waals surface area contributed by atoms with Crippen LogP contribution in [0.15, 0.2) is 42.7 Å². The molecule has 0 unspecified atom stereocenters. The van der Waals surface area contributed by atoms with Crippen molar-refractivity contribution in [1.29, 1.82) is 0 Å². The summed E-state index contributed by atoms with van der Waals surface area (Å²) in [7, 11) is 0. The van der Waals surface area contributed by atoms with Crippen molar-refractivity contribution in [2.45, 2.75) is 27.3 Å². The van der Waals surface area contributed by atoms with Crippen LogP contribution in [-0.4, -0.2) is 19.3 Å². The molecule has 4 nitrogen and oxygen atoms in total. The Morgan fingerprint density at radius 2 is 1.85 bits per heavy atom. The molecule has 0 saturated heterocycles. The van der Waals surface area contributed by atoms with E-state index in [0.29, 0.717) is 0 Å². The van der Waals surface area contributed by atoms with Gasteiger partial charge >= 0.3 is 0 Å². The maximum atomic E-state index is 4.70. The van der Waals surface area contributed by atoms with Gasteiger partial charge in [0.2, 0.25) is 0 Å². The van der Waals surface area contributed by atoms with Crippen molar-refractivity contribution in [1.82, 2.24) is 19.3 Å². The third kappa shape index (κ3) is 1.93. The molecular weight excluding hydrogens is 248 g/mol. The van der Waals surface area contributed by atoms with Gasteiger partial charge < -0.3 is 0 Å². The number of aromatic nitrogens is 4. The van der Waals surface area contributed by atoms with Gasteiger partial charge in [0.25, 0.3) is 0 Å². The highest BCUT2D eigenvalue weighted by Crippen LogP contribution is 2.23. The molecule has 1 aromatic carbocycles. The Labute approximate surface area is 118 Å². The van der Waals surface area contributed by atoms with Crippen LogP contribution in [0, 0.1) is 13.8 Å². The van der Waals surface area contributed by atoms with Crippen LogP contribution in [0.3, 0.4) is 0 Å². The molecule has 0 N–H and O–H groups in total. The predicted molar refractivity (Wildman–Crippen MR) is 79.9 cm³/mol. The standard InChI is InChI=1S/C16H18N4/c1-4-20-13(3)12(2)15(18-20)19-11-10-17-16(19)14-8-6-5-7-9-14/h5-11H,4H2,1-3H3. The molecule has 0 aliphatic rings. The van der Waals surface area contributed by atoms with Crippen LogP contribution in [0.1, 0.15) is 18.2 Å². The minimum absolute atomic E-state index is 0.877. The topological polar surface area (TPSA) is 35.6 Å². The van der Waals surface area contributed by atoms with Crippen molar-refractivity contribution in [3.8, 4) is 17.2 Å². The van der Waals surface area contributed by atoms with E-state index < -0.39 is 0 Å². The van der Waals surface area contributed by atoms with Gasteiger partial charge in [0.15, 0.2) is 5.82 Å². The van der Waals surface area contributed by atoms with Gasteiger partial charge in [0, 0.05) is 35.8 Å². The summed E-state index contributed by atoms with van der Waals surface area (Å²) in [6.45, 7) is 7.20. The third-order valence-electron chi connectivity index (χ3n) is 3.68. The fourth-order valence-corrected chi connectivity index (χ4v) is 2.43. The van der Waals surface area contributed by atoms with Crippen LogP contribution in [-0.2, 0) is 6.54 Å². The highest BCUT2D eigenvalue weighted by atomic mass is 15.3. The summed E-state index contributed by atoms with van der Waals surface area (Å²) >= 11 is 0. The van der Waals surface area contributed by atoms with Crippen molar-refractivity contribution in [3.63, 3.8) is 0 Å². The molecule has 0 amide bonds. The SMILES string of the molecule is CCn1nc(-n2ccnc2-c2ccccc2)c(C)c1C. The Hall–Kier alpha value is -2.36. The lowest BCUT2D eigenvalue weighted by atomic mass is 10.2. The van der Waals surface area contributed by atoms with Gasteiger partial charge in [-0.05, 0) is 20.8 Å². The van der Waals surface area contributed by atoms with Gasteiger partial charge in [-0.25, -0.2) is 4.98 Å². The summed E-state index contributed by atoms with van der Waals surface area (Å²) < 4.78 is 4.09. The number of hydrogen-bond donors (Lipinski definition) is 0. The molecule has 3 aromatic rings. The van der Waals surface area contributed by atoms with Crippen LogP contribution < -0.4 is 0 Å². The first kappa shape index (κ1) is 12.7. The maximum absolute atomic E-state index is 4.70. The predicted octanol–water partition coefficient (Wildman–Crippen LogP) is 3.37. The number of imidazole rings is 1. The zero-order valence-electron chi connectivity index (χ0n) is 12.0. The normalized spacial score (nSPS) is 10.9. The fourth-order valence-electron chi connectivity index (χ4n) is 2.43. The second-order valence-corrected chi connectivity index (χ2v) is 4.84. The molecule has 4 heteroatoms.